The highest BCUT2D eigenvalue weighted by Gasteiger charge is 2.22. The molecular formula is C12H7NOS4. The van der Waals surface area contributed by atoms with Crippen molar-refractivity contribution in [2.24, 2.45) is 0 Å². The molecule has 2 aromatic heterocycles. The largest absolute Gasteiger partial charge is 0.307 e. The van der Waals surface area contributed by atoms with Gasteiger partial charge in [0.15, 0.2) is 0 Å². The van der Waals surface area contributed by atoms with Crippen LogP contribution >= 0.6 is 46.7 Å². The van der Waals surface area contributed by atoms with Crippen molar-refractivity contribution < 1.29 is 4.79 Å². The first-order valence-electron chi connectivity index (χ1n) is 5.11. The van der Waals surface area contributed by atoms with Crippen molar-refractivity contribution in [2.75, 3.05) is 0 Å². The van der Waals surface area contributed by atoms with Crippen LogP contribution in [0.2, 0.25) is 0 Å². The minimum Gasteiger partial charge on any atom is -0.307 e. The Morgan fingerprint density at radius 1 is 1.22 bits per heavy atom. The second-order valence-electron chi connectivity index (χ2n) is 3.53. The van der Waals surface area contributed by atoms with Crippen molar-refractivity contribution in [2.45, 2.75) is 0 Å². The molecular weight excluding hydrogens is 302 g/mol. The lowest BCUT2D eigenvalue weighted by Gasteiger charge is -1.90. The first-order valence-corrected chi connectivity index (χ1v) is 8.03. The summed E-state index contributed by atoms with van der Waals surface area (Å²) in [6.07, 6.45) is 1.89. The molecule has 1 fully saturated rings. The maximum absolute atomic E-state index is 11.5. The molecule has 0 spiro atoms. The summed E-state index contributed by atoms with van der Waals surface area (Å²) >= 11 is 9.67. The zero-order valence-electron chi connectivity index (χ0n) is 9.01. The Labute approximate surface area is 122 Å². The Hall–Kier alpha value is -0.950. The molecule has 1 aliphatic rings. The SMILES string of the molecule is O=C1NC(=S)SC1=Cc1ccc(-c2cccs2)s1. The molecule has 0 atom stereocenters. The minimum absolute atomic E-state index is 0.101. The van der Waals surface area contributed by atoms with Gasteiger partial charge in [0, 0.05) is 14.6 Å². The predicted octanol–water partition coefficient (Wildman–Crippen LogP) is 3.97. The summed E-state index contributed by atoms with van der Waals surface area (Å²) in [6.45, 7) is 0. The Morgan fingerprint density at radius 2 is 2.11 bits per heavy atom. The van der Waals surface area contributed by atoms with Crippen LogP contribution in [0.15, 0.2) is 34.6 Å². The number of hydrogen-bond donors (Lipinski definition) is 1. The van der Waals surface area contributed by atoms with Crippen LogP contribution in [0.4, 0.5) is 0 Å². The van der Waals surface area contributed by atoms with Gasteiger partial charge < -0.3 is 5.32 Å². The molecule has 1 aliphatic heterocycles. The number of amides is 1. The van der Waals surface area contributed by atoms with Crippen LogP contribution in [0.3, 0.4) is 0 Å². The molecule has 2 nitrogen and oxygen atoms in total. The van der Waals surface area contributed by atoms with E-state index in [1.807, 2.05) is 18.2 Å². The van der Waals surface area contributed by atoms with E-state index in [0.717, 1.165) is 4.88 Å². The fourth-order valence-electron chi connectivity index (χ4n) is 1.53. The third-order valence-electron chi connectivity index (χ3n) is 2.31. The first kappa shape index (κ1) is 12.1. The molecule has 0 aromatic carbocycles. The Bertz CT molecular complexity index is 639. The van der Waals surface area contributed by atoms with E-state index in [9.17, 15) is 4.79 Å². The zero-order valence-corrected chi connectivity index (χ0v) is 12.3. The predicted molar refractivity (Wildman–Crippen MR) is 83.9 cm³/mol. The number of carbonyl (C=O) groups is 1. The van der Waals surface area contributed by atoms with Crippen molar-refractivity contribution in [3.05, 3.63) is 39.4 Å². The Morgan fingerprint density at radius 3 is 2.78 bits per heavy atom. The highest BCUT2D eigenvalue weighted by Crippen LogP contribution is 2.34. The lowest BCUT2D eigenvalue weighted by molar-refractivity contribution is -0.115. The Balaban J connectivity index is 1.88. The quantitative estimate of drug-likeness (QED) is 0.672. The van der Waals surface area contributed by atoms with Crippen LogP contribution in [-0.4, -0.2) is 10.2 Å². The van der Waals surface area contributed by atoms with Crippen molar-refractivity contribution in [3.8, 4) is 9.75 Å². The molecule has 1 amide bonds. The molecule has 0 radical (unpaired) electrons. The molecule has 3 rings (SSSR count). The molecule has 18 heavy (non-hydrogen) atoms. The maximum Gasteiger partial charge on any atom is 0.263 e. The van der Waals surface area contributed by atoms with E-state index in [-0.39, 0.29) is 5.91 Å². The van der Waals surface area contributed by atoms with Gasteiger partial charge in [-0.15, -0.1) is 22.7 Å². The van der Waals surface area contributed by atoms with E-state index in [2.05, 4.69) is 22.8 Å². The smallest absolute Gasteiger partial charge is 0.263 e. The summed E-state index contributed by atoms with van der Waals surface area (Å²) in [4.78, 5) is 15.8. The highest BCUT2D eigenvalue weighted by molar-refractivity contribution is 8.26. The molecule has 1 saturated heterocycles. The van der Waals surface area contributed by atoms with Gasteiger partial charge >= 0.3 is 0 Å². The van der Waals surface area contributed by atoms with E-state index >= 15 is 0 Å². The van der Waals surface area contributed by atoms with E-state index in [1.165, 1.54) is 21.5 Å². The topological polar surface area (TPSA) is 29.1 Å². The van der Waals surface area contributed by atoms with Crippen LogP contribution in [0.5, 0.6) is 0 Å². The van der Waals surface area contributed by atoms with Crippen LogP contribution < -0.4 is 5.32 Å². The van der Waals surface area contributed by atoms with Gasteiger partial charge in [0.2, 0.25) is 0 Å². The van der Waals surface area contributed by atoms with Gasteiger partial charge in [-0.05, 0) is 29.7 Å². The average molecular weight is 309 g/mol. The van der Waals surface area contributed by atoms with Gasteiger partial charge in [-0.3, -0.25) is 4.79 Å². The lowest BCUT2D eigenvalue weighted by Crippen LogP contribution is -2.17. The van der Waals surface area contributed by atoms with Crippen molar-refractivity contribution in [3.63, 3.8) is 0 Å². The summed E-state index contributed by atoms with van der Waals surface area (Å²) < 4.78 is 0.529. The van der Waals surface area contributed by atoms with Gasteiger partial charge in [0.25, 0.3) is 5.91 Å². The fraction of sp³-hybridized carbons (Fsp3) is 0. The van der Waals surface area contributed by atoms with Gasteiger partial charge in [0.1, 0.15) is 4.32 Å². The Kier molecular flexibility index (Phi) is 3.34. The van der Waals surface area contributed by atoms with Crippen LogP contribution in [0, 0.1) is 0 Å². The monoisotopic (exact) mass is 309 g/mol. The minimum atomic E-state index is -0.101. The van der Waals surface area contributed by atoms with E-state index in [1.54, 1.807) is 22.7 Å². The number of hydrogen-bond acceptors (Lipinski definition) is 5. The average Bonchev–Trinajstić information content (AvgIpc) is 3.02. The number of thiophene rings is 2. The molecule has 3 heterocycles. The summed E-state index contributed by atoms with van der Waals surface area (Å²) in [5.74, 6) is -0.101. The van der Waals surface area contributed by atoms with E-state index in [0.29, 0.717) is 9.23 Å². The van der Waals surface area contributed by atoms with Crippen molar-refractivity contribution in [1.82, 2.24) is 5.32 Å². The number of carbonyl (C=O) groups excluding carboxylic acids is 1. The molecule has 0 bridgehead atoms. The lowest BCUT2D eigenvalue weighted by atomic mass is 10.3. The third kappa shape index (κ3) is 2.42. The molecule has 1 N–H and O–H groups in total. The molecule has 2 aromatic rings. The van der Waals surface area contributed by atoms with Crippen LogP contribution in [0.25, 0.3) is 15.8 Å². The molecule has 0 unspecified atom stereocenters. The van der Waals surface area contributed by atoms with Crippen LogP contribution in [-0.2, 0) is 4.79 Å². The summed E-state index contributed by atoms with van der Waals surface area (Å²) in [5.41, 5.74) is 0. The second kappa shape index (κ2) is 4.97. The number of thioether (sulfide) groups is 1. The zero-order chi connectivity index (χ0) is 12.5. The molecule has 0 aliphatic carbocycles. The molecule has 0 saturated carbocycles. The number of nitrogens with one attached hydrogen (secondary N) is 1. The molecule has 6 heteroatoms. The summed E-state index contributed by atoms with van der Waals surface area (Å²) in [6, 6.07) is 8.25. The number of rotatable bonds is 2. The fourth-order valence-corrected chi connectivity index (χ4v) is 4.43. The van der Waals surface area contributed by atoms with Crippen LogP contribution in [0.1, 0.15) is 4.88 Å². The summed E-state index contributed by atoms with van der Waals surface area (Å²) in [7, 11) is 0. The maximum atomic E-state index is 11.5. The molecule has 90 valence electrons. The van der Waals surface area contributed by atoms with Crippen molar-refractivity contribution in [1.29, 1.82) is 0 Å². The normalized spacial score (nSPS) is 17.4. The summed E-state index contributed by atoms with van der Waals surface area (Å²) in [5, 5.41) is 4.68. The van der Waals surface area contributed by atoms with Gasteiger partial charge in [-0.1, -0.05) is 30.0 Å². The standard InChI is InChI=1S/C12H7NOS4/c14-11-10(18-12(15)13-11)6-7-3-4-9(17-7)8-2-1-5-16-8/h1-6H,(H,13,14,15). The first-order chi connectivity index (χ1) is 8.72. The van der Waals surface area contributed by atoms with Gasteiger partial charge in [-0.25, -0.2) is 0 Å². The van der Waals surface area contributed by atoms with Gasteiger partial charge in [-0.2, -0.15) is 0 Å². The van der Waals surface area contributed by atoms with E-state index < -0.39 is 0 Å². The third-order valence-corrected chi connectivity index (χ3v) is 5.57. The van der Waals surface area contributed by atoms with Crippen molar-refractivity contribution >= 4 is 63.0 Å². The van der Waals surface area contributed by atoms with E-state index in [4.69, 9.17) is 12.2 Å². The number of thiocarbonyl (C=S) groups is 1. The highest BCUT2D eigenvalue weighted by atomic mass is 32.2. The second-order valence-corrected chi connectivity index (χ2v) is 7.31. The van der Waals surface area contributed by atoms with Gasteiger partial charge in [0.05, 0.1) is 4.91 Å².